The van der Waals surface area contributed by atoms with E-state index in [0.717, 1.165) is 12.0 Å². The molecule has 0 spiro atoms. The van der Waals surface area contributed by atoms with Gasteiger partial charge in [0.25, 0.3) is 0 Å². The van der Waals surface area contributed by atoms with Crippen LogP contribution in [0.25, 0.3) is 37.5 Å². The minimum atomic E-state index is -0.413. The van der Waals surface area contributed by atoms with Gasteiger partial charge in [-0.1, -0.05) is 89.2 Å². The van der Waals surface area contributed by atoms with Gasteiger partial charge < -0.3 is 22.1 Å². The molecule has 1 aliphatic rings. The monoisotopic (exact) mass is 430 g/mol. The summed E-state index contributed by atoms with van der Waals surface area (Å²) < 4.78 is 0. The van der Waals surface area contributed by atoms with Crippen molar-refractivity contribution in [3.05, 3.63) is 109 Å². The summed E-state index contributed by atoms with van der Waals surface area (Å²) in [6.07, 6.45) is 0.812. The highest BCUT2D eigenvalue weighted by Crippen LogP contribution is 2.46. The molecule has 0 unspecified atom stereocenters. The largest absolute Gasteiger partial charge is 0.373 e. The van der Waals surface area contributed by atoms with Gasteiger partial charge in [0, 0.05) is 22.3 Å². The first-order valence-electron chi connectivity index (χ1n) is 9.90. The van der Waals surface area contributed by atoms with Gasteiger partial charge in [-0.25, -0.2) is 0 Å². The van der Waals surface area contributed by atoms with Crippen molar-refractivity contribution in [2.45, 2.75) is 41.0 Å². The number of rotatable bonds is 3. The number of allylic oxidation sites excluding steroid dienone is 2. The van der Waals surface area contributed by atoms with E-state index < -0.39 is 5.41 Å². The zero-order valence-electron chi connectivity index (χ0n) is 18.9. The van der Waals surface area contributed by atoms with Crippen LogP contribution in [0.4, 0.5) is 0 Å². The lowest BCUT2D eigenvalue weighted by atomic mass is 9.65. The van der Waals surface area contributed by atoms with Crippen LogP contribution in [0.5, 0.6) is 0 Å². The van der Waals surface area contributed by atoms with Crippen molar-refractivity contribution < 1.29 is 9.59 Å². The first-order valence-corrected chi connectivity index (χ1v) is 9.90. The Hall–Kier alpha value is -3.86. The average Bonchev–Trinajstić information content (AvgIpc) is 2.70. The second-order valence-electron chi connectivity index (χ2n) is 9.12. The molecule has 0 heterocycles. The molecule has 2 aromatic carbocycles. The molecular weight excluding hydrogens is 404 g/mol. The van der Waals surface area contributed by atoms with E-state index in [9.17, 15) is 9.59 Å². The van der Waals surface area contributed by atoms with Crippen LogP contribution in [-0.2, 0) is 0 Å². The summed E-state index contributed by atoms with van der Waals surface area (Å²) in [4.78, 5) is 29.8. The molecule has 166 valence electrons. The van der Waals surface area contributed by atoms with Gasteiger partial charge in [0.15, 0.2) is 11.6 Å². The van der Waals surface area contributed by atoms with Crippen LogP contribution < -0.4 is 0 Å². The van der Waals surface area contributed by atoms with E-state index in [-0.39, 0.29) is 17.0 Å². The highest BCUT2D eigenvalue weighted by atomic mass is 16.1. The van der Waals surface area contributed by atoms with Crippen LogP contribution in [0.1, 0.15) is 67.3 Å². The zero-order valence-corrected chi connectivity index (χ0v) is 18.9. The van der Waals surface area contributed by atoms with Crippen LogP contribution in [0.3, 0.4) is 0 Å². The predicted octanol–water partition coefficient (Wildman–Crippen LogP) is 7.71. The Morgan fingerprint density at radius 2 is 1.09 bits per heavy atom. The lowest BCUT2D eigenvalue weighted by Gasteiger charge is -2.37. The summed E-state index contributed by atoms with van der Waals surface area (Å²) in [6, 6.07) is 16.8. The smallest absolute Gasteiger partial charge is 0.194 e. The molecule has 0 aliphatic heterocycles. The van der Waals surface area contributed by atoms with E-state index in [2.05, 4.69) is 34.6 Å². The summed E-state index contributed by atoms with van der Waals surface area (Å²) >= 11 is 0. The number of benzene rings is 2. The van der Waals surface area contributed by atoms with E-state index in [1.165, 1.54) is 9.82 Å². The number of fused-ring (bicyclic) bond motifs is 1. The summed E-state index contributed by atoms with van der Waals surface area (Å²) in [7, 11) is 0. The maximum atomic E-state index is 13.5. The first-order chi connectivity index (χ1) is 14.9. The number of hydrogen-bond acceptors (Lipinski definition) is 2. The molecule has 0 saturated heterocycles. The Morgan fingerprint density at radius 1 is 0.688 bits per heavy atom. The maximum absolute atomic E-state index is 13.5. The molecule has 0 radical (unpaired) electrons. The molecular formula is C24H26N6O2-2. The Bertz CT molecular complexity index is 1070. The van der Waals surface area contributed by atoms with Gasteiger partial charge in [0.2, 0.25) is 0 Å². The van der Waals surface area contributed by atoms with Crippen molar-refractivity contribution in [3.8, 4) is 0 Å². The van der Waals surface area contributed by atoms with Gasteiger partial charge in [-0.05, 0) is 22.8 Å². The molecule has 0 aromatic heterocycles. The number of ketones is 2. The standard InChI is InChI=1S/C24H26O2.2N3/c1-23(2,3)15-24(4,5)20-19(16-11-7-6-8-12-16)21(25)17-13-9-10-14-18(17)22(20)26;2*1-3-2/h6-14H,15H2,1-5H3;;/q;2*-1. The average molecular weight is 431 g/mol. The van der Waals surface area contributed by atoms with Crippen molar-refractivity contribution in [2.24, 2.45) is 10.8 Å². The van der Waals surface area contributed by atoms with Gasteiger partial charge in [-0.2, -0.15) is 0 Å². The van der Waals surface area contributed by atoms with Crippen LogP contribution in [-0.4, -0.2) is 11.6 Å². The van der Waals surface area contributed by atoms with E-state index in [1.807, 2.05) is 42.5 Å². The highest BCUT2D eigenvalue weighted by Gasteiger charge is 2.41. The third-order valence-electron chi connectivity index (χ3n) is 4.83. The highest BCUT2D eigenvalue weighted by molar-refractivity contribution is 6.40. The molecule has 8 heteroatoms. The van der Waals surface area contributed by atoms with Gasteiger partial charge in [-0.3, -0.25) is 19.4 Å². The van der Waals surface area contributed by atoms with Crippen molar-refractivity contribution in [3.63, 3.8) is 0 Å². The Labute approximate surface area is 187 Å². The minimum Gasteiger partial charge on any atom is -0.373 e. The van der Waals surface area contributed by atoms with Crippen molar-refractivity contribution >= 4 is 17.1 Å². The molecule has 8 nitrogen and oxygen atoms in total. The lowest BCUT2D eigenvalue weighted by Crippen LogP contribution is -2.32. The van der Waals surface area contributed by atoms with Gasteiger partial charge in [-0.15, -0.1) is 0 Å². The predicted molar refractivity (Wildman–Crippen MR) is 126 cm³/mol. The molecule has 0 bridgehead atoms. The van der Waals surface area contributed by atoms with E-state index in [4.69, 9.17) is 22.1 Å². The Morgan fingerprint density at radius 3 is 1.53 bits per heavy atom. The summed E-state index contributed by atoms with van der Waals surface area (Å²) in [5.41, 5.74) is 29.7. The van der Waals surface area contributed by atoms with E-state index in [1.54, 1.807) is 12.1 Å². The fourth-order valence-electron chi connectivity index (χ4n) is 4.32. The SMILES string of the molecule is CC(C)(C)CC(C)(C)C1=C(c2ccccc2)C(=O)c2ccccc2C1=O.[N-]=[N+]=[N-].[N-]=[N+]=[N-]. The molecule has 0 amide bonds. The number of carbonyl (C=O) groups is 2. The van der Waals surface area contributed by atoms with Crippen molar-refractivity contribution in [1.82, 2.24) is 0 Å². The van der Waals surface area contributed by atoms with Crippen LogP contribution in [0, 0.1) is 10.8 Å². The maximum Gasteiger partial charge on any atom is 0.194 e. The normalized spacial score (nSPS) is 12.9. The Balaban J connectivity index is 0.000000769. The zero-order chi connectivity index (χ0) is 24.5. The molecule has 0 atom stereocenters. The molecule has 0 saturated carbocycles. The molecule has 3 rings (SSSR count). The van der Waals surface area contributed by atoms with Crippen LogP contribution in [0.2, 0.25) is 0 Å². The number of carbonyl (C=O) groups excluding carboxylic acids is 2. The third-order valence-corrected chi connectivity index (χ3v) is 4.83. The van der Waals surface area contributed by atoms with Crippen molar-refractivity contribution in [2.75, 3.05) is 0 Å². The summed E-state index contributed by atoms with van der Waals surface area (Å²) in [6.45, 7) is 10.7. The summed E-state index contributed by atoms with van der Waals surface area (Å²) in [5.74, 6) is -0.0725. The second-order valence-corrected chi connectivity index (χ2v) is 9.12. The summed E-state index contributed by atoms with van der Waals surface area (Å²) in [5, 5.41) is 0. The Kier molecular flexibility index (Phi) is 8.96. The van der Waals surface area contributed by atoms with Crippen LogP contribution >= 0.6 is 0 Å². The molecule has 2 aromatic rings. The first kappa shape index (κ1) is 26.2. The fraction of sp³-hybridized carbons (Fsp3) is 0.333. The molecule has 32 heavy (non-hydrogen) atoms. The molecule has 0 N–H and O–H groups in total. The topological polar surface area (TPSA) is 152 Å². The quantitative estimate of drug-likeness (QED) is 0.278. The third kappa shape index (κ3) is 6.32. The van der Waals surface area contributed by atoms with Crippen LogP contribution in [0.15, 0.2) is 60.2 Å². The molecule has 0 fully saturated rings. The number of hydrogen-bond donors (Lipinski definition) is 0. The van der Waals surface area contributed by atoms with Gasteiger partial charge >= 0.3 is 0 Å². The van der Waals surface area contributed by atoms with E-state index >= 15 is 0 Å². The van der Waals surface area contributed by atoms with Gasteiger partial charge in [0.05, 0.1) is 0 Å². The second kappa shape index (κ2) is 11.0. The van der Waals surface area contributed by atoms with Crippen molar-refractivity contribution in [1.29, 1.82) is 0 Å². The van der Waals surface area contributed by atoms with E-state index in [0.29, 0.717) is 22.3 Å². The minimum absolute atomic E-state index is 0.0201. The van der Waals surface area contributed by atoms with Gasteiger partial charge in [0.1, 0.15) is 0 Å². The lowest BCUT2D eigenvalue weighted by molar-refractivity contribution is 0.0960. The number of nitrogens with zero attached hydrogens (tertiary/aromatic N) is 6. The fourth-order valence-corrected chi connectivity index (χ4v) is 4.32. The number of Topliss-reactive ketones (excluding diaryl/α,β-unsaturated/α-hetero) is 2. The molecule has 1 aliphatic carbocycles.